The SMILES string of the molecule is Clc1ccc2c(c1)N(CC1CCCN1CCc1ccc(N3CCOCC3)cc1)c1ccccc1OC2. The number of benzene rings is 3. The average Bonchev–Trinajstić information content (AvgIpc) is 3.31. The third-order valence-electron chi connectivity index (χ3n) is 7.77. The van der Waals surface area contributed by atoms with Crippen LogP contribution in [0.15, 0.2) is 66.7 Å². The Balaban J connectivity index is 1.16. The van der Waals surface area contributed by atoms with E-state index in [2.05, 4.69) is 69.3 Å². The van der Waals surface area contributed by atoms with Crippen LogP contribution in [-0.4, -0.2) is 56.9 Å². The van der Waals surface area contributed by atoms with Crippen molar-refractivity contribution >= 4 is 28.7 Å². The molecule has 6 rings (SSSR count). The van der Waals surface area contributed by atoms with Gasteiger partial charge in [0.1, 0.15) is 12.4 Å². The molecule has 3 aliphatic rings. The lowest BCUT2D eigenvalue weighted by molar-refractivity contribution is 0.122. The summed E-state index contributed by atoms with van der Waals surface area (Å²) >= 11 is 6.46. The van der Waals surface area contributed by atoms with Gasteiger partial charge in [0.2, 0.25) is 0 Å². The van der Waals surface area contributed by atoms with Crippen molar-refractivity contribution in [1.29, 1.82) is 0 Å². The lowest BCUT2D eigenvalue weighted by Gasteiger charge is -2.33. The second kappa shape index (κ2) is 10.7. The second-order valence-electron chi connectivity index (χ2n) is 9.99. The Hall–Kier alpha value is -2.73. The monoisotopic (exact) mass is 503 g/mol. The highest BCUT2D eigenvalue weighted by Crippen LogP contribution is 2.41. The number of ether oxygens (including phenoxy) is 2. The summed E-state index contributed by atoms with van der Waals surface area (Å²) in [6.45, 7) is 7.34. The van der Waals surface area contributed by atoms with E-state index in [1.165, 1.54) is 29.7 Å². The fraction of sp³-hybridized carbons (Fsp3) is 0.400. The maximum absolute atomic E-state index is 6.46. The van der Waals surface area contributed by atoms with Crippen LogP contribution in [0.25, 0.3) is 0 Å². The van der Waals surface area contributed by atoms with Gasteiger partial charge in [-0.3, -0.25) is 4.90 Å². The van der Waals surface area contributed by atoms with Crippen LogP contribution in [0.5, 0.6) is 5.75 Å². The van der Waals surface area contributed by atoms with Gasteiger partial charge in [-0.05, 0) is 67.8 Å². The van der Waals surface area contributed by atoms with E-state index in [0.29, 0.717) is 12.6 Å². The summed E-state index contributed by atoms with van der Waals surface area (Å²) in [7, 11) is 0. The standard InChI is InChI=1S/C30H34ClN3O2/c31-25-10-9-24-22-36-30-6-2-1-5-28(30)34(29(24)20-25)21-27-4-3-14-32(27)15-13-23-7-11-26(12-8-23)33-16-18-35-19-17-33/h1-2,5-12,20,27H,3-4,13-19,21-22H2. The number of halogens is 1. The number of nitrogens with zero attached hydrogens (tertiary/aromatic N) is 3. The molecule has 0 bridgehead atoms. The first kappa shape index (κ1) is 23.7. The van der Waals surface area contributed by atoms with Gasteiger partial charge < -0.3 is 19.3 Å². The van der Waals surface area contributed by atoms with Gasteiger partial charge in [-0.1, -0.05) is 41.9 Å². The van der Waals surface area contributed by atoms with Crippen LogP contribution in [0, 0.1) is 0 Å². The highest BCUT2D eigenvalue weighted by molar-refractivity contribution is 6.30. The topological polar surface area (TPSA) is 28.2 Å². The van der Waals surface area contributed by atoms with Gasteiger partial charge in [-0.2, -0.15) is 0 Å². The van der Waals surface area contributed by atoms with Crippen LogP contribution in [0.3, 0.4) is 0 Å². The van der Waals surface area contributed by atoms with Crippen molar-refractivity contribution in [2.45, 2.75) is 31.9 Å². The molecule has 0 amide bonds. The molecule has 0 saturated carbocycles. The number of likely N-dealkylation sites (tertiary alicyclic amines) is 1. The zero-order valence-electron chi connectivity index (χ0n) is 20.7. The highest BCUT2D eigenvalue weighted by Gasteiger charge is 2.30. The van der Waals surface area contributed by atoms with Crippen LogP contribution in [-0.2, 0) is 17.8 Å². The summed E-state index contributed by atoms with van der Waals surface area (Å²) in [6.07, 6.45) is 3.53. The van der Waals surface area contributed by atoms with Gasteiger partial charge in [0.05, 0.1) is 18.9 Å². The van der Waals surface area contributed by atoms with E-state index >= 15 is 0 Å². The molecular weight excluding hydrogens is 470 g/mol. The fourth-order valence-electron chi connectivity index (χ4n) is 5.77. The molecule has 2 fully saturated rings. The van der Waals surface area contributed by atoms with Crippen molar-refractivity contribution < 1.29 is 9.47 Å². The smallest absolute Gasteiger partial charge is 0.143 e. The minimum atomic E-state index is 0.496. The first-order chi connectivity index (χ1) is 17.7. The van der Waals surface area contributed by atoms with E-state index in [0.717, 1.165) is 74.5 Å². The molecule has 0 radical (unpaired) electrons. The first-order valence-electron chi connectivity index (χ1n) is 13.2. The molecule has 0 N–H and O–H groups in total. The molecule has 2 saturated heterocycles. The van der Waals surface area contributed by atoms with Gasteiger partial charge in [0.15, 0.2) is 0 Å². The summed E-state index contributed by atoms with van der Waals surface area (Å²) in [6, 6.07) is 24.2. The van der Waals surface area contributed by atoms with Crippen molar-refractivity contribution in [3.05, 3.63) is 82.9 Å². The number of hydrogen-bond acceptors (Lipinski definition) is 5. The summed E-state index contributed by atoms with van der Waals surface area (Å²) in [4.78, 5) is 7.52. The summed E-state index contributed by atoms with van der Waals surface area (Å²) in [5.74, 6) is 0.940. The molecule has 3 aromatic carbocycles. The summed E-state index contributed by atoms with van der Waals surface area (Å²) in [5.41, 5.74) is 6.19. The molecule has 1 atom stereocenters. The van der Waals surface area contributed by atoms with E-state index in [4.69, 9.17) is 21.1 Å². The average molecular weight is 504 g/mol. The van der Waals surface area contributed by atoms with Crippen molar-refractivity contribution in [3.8, 4) is 5.75 Å². The molecule has 0 aliphatic carbocycles. The number of fused-ring (bicyclic) bond motifs is 2. The maximum Gasteiger partial charge on any atom is 0.143 e. The van der Waals surface area contributed by atoms with Gasteiger partial charge >= 0.3 is 0 Å². The lowest BCUT2D eigenvalue weighted by atomic mass is 10.1. The Morgan fingerprint density at radius 2 is 1.72 bits per heavy atom. The number of hydrogen-bond donors (Lipinski definition) is 0. The van der Waals surface area contributed by atoms with Crippen molar-refractivity contribution in [2.75, 3.05) is 55.7 Å². The van der Waals surface area contributed by atoms with Crippen LogP contribution in [0.1, 0.15) is 24.0 Å². The predicted molar refractivity (Wildman–Crippen MR) is 147 cm³/mol. The number of morpholine rings is 1. The molecule has 6 heteroatoms. The van der Waals surface area contributed by atoms with Crippen molar-refractivity contribution in [1.82, 2.24) is 4.90 Å². The number of anilines is 3. The minimum Gasteiger partial charge on any atom is -0.487 e. The predicted octanol–water partition coefficient (Wildman–Crippen LogP) is 5.91. The molecule has 1 unspecified atom stereocenters. The van der Waals surface area contributed by atoms with Crippen LogP contribution in [0.4, 0.5) is 17.1 Å². The third kappa shape index (κ3) is 5.06. The Bertz CT molecular complexity index is 1180. The zero-order valence-corrected chi connectivity index (χ0v) is 21.5. The molecule has 3 aromatic rings. The van der Waals surface area contributed by atoms with Crippen LogP contribution in [0.2, 0.25) is 5.02 Å². The van der Waals surface area contributed by atoms with Gasteiger partial charge in [0.25, 0.3) is 0 Å². The summed E-state index contributed by atoms with van der Waals surface area (Å²) in [5, 5.41) is 0.766. The Morgan fingerprint density at radius 3 is 2.58 bits per heavy atom. The van der Waals surface area contributed by atoms with Gasteiger partial charge in [-0.25, -0.2) is 0 Å². The lowest BCUT2D eigenvalue weighted by Crippen LogP contribution is -2.39. The Labute approximate surface area is 219 Å². The maximum atomic E-state index is 6.46. The van der Waals surface area contributed by atoms with E-state index < -0.39 is 0 Å². The zero-order chi connectivity index (χ0) is 24.3. The number of rotatable bonds is 6. The molecule has 5 nitrogen and oxygen atoms in total. The molecule has 3 aliphatic heterocycles. The molecule has 36 heavy (non-hydrogen) atoms. The second-order valence-corrected chi connectivity index (χ2v) is 10.4. The molecule has 3 heterocycles. The van der Waals surface area contributed by atoms with Crippen molar-refractivity contribution in [2.24, 2.45) is 0 Å². The van der Waals surface area contributed by atoms with Crippen molar-refractivity contribution in [3.63, 3.8) is 0 Å². The Kier molecular flexibility index (Phi) is 7.04. The van der Waals surface area contributed by atoms with Crippen LogP contribution >= 0.6 is 11.6 Å². The fourth-order valence-corrected chi connectivity index (χ4v) is 5.94. The minimum absolute atomic E-state index is 0.496. The molecular formula is C30H34ClN3O2. The van der Waals surface area contributed by atoms with Crippen LogP contribution < -0.4 is 14.5 Å². The normalized spacial score (nSPS) is 20.0. The number of para-hydroxylation sites is 2. The largest absolute Gasteiger partial charge is 0.487 e. The molecule has 0 aromatic heterocycles. The highest BCUT2D eigenvalue weighted by atomic mass is 35.5. The first-order valence-corrected chi connectivity index (χ1v) is 13.6. The molecule has 0 spiro atoms. The van der Waals surface area contributed by atoms with E-state index in [9.17, 15) is 0 Å². The quantitative estimate of drug-likeness (QED) is 0.416. The van der Waals surface area contributed by atoms with E-state index in [-0.39, 0.29) is 0 Å². The summed E-state index contributed by atoms with van der Waals surface area (Å²) < 4.78 is 11.7. The van der Waals surface area contributed by atoms with E-state index in [1.54, 1.807) is 0 Å². The van der Waals surface area contributed by atoms with Gasteiger partial charge in [-0.15, -0.1) is 0 Å². The third-order valence-corrected chi connectivity index (χ3v) is 8.01. The van der Waals surface area contributed by atoms with Gasteiger partial charge in [0, 0.05) is 54.2 Å². The Morgan fingerprint density at radius 1 is 0.889 bits per heavy atom. The van der Waals surface area contributed by atoms with E-state index in [1.807, 2.05) is 12.1 Å². The molecule has 188 valence electrons.